The van der Waals surface area contributed by atoms with Crippen molar-refractivity contribution in [1.82, 2.24) is 0 Å². The van der Waals surface area contributed by atoms with Crippen LogP contribution < -0.4 is 15.4 Å². The third kappa shape index (κ3) is 4.99. The molecular formula is C18H19ClN2O3. The fourth-order valence-corrected chi connectivity index (χ4v) is 2.16. The quantitative estimate of drug-likeness (QED) is 0.822. The number of hydrogen-bond donors (Lipinski definition) is 2. The van der Waals surface area contributed by atoms with Crippen molar-refractivity contribution in [3.8, 4) is 5.75 Å². The van der Waals surface area contributed by atoms with E-state index >= 15 is 0 Å². The van der Waals surface area contributed by atoms with Gasteiger partial charge >= 0.3 is 11.8 Å². The highest BCUT2D eigenvalue weighted by atomic mass is 35.5. The number of amides is 2. The van der Waals surface area contributed by atoms with E-state index in [0.29, 0.717) is 22.1 Å². The van der Waals surface area contributed by atoms with Gasteiger partial charge in [-0.15, -0.1) is 0 Å². The molecule has 0 heterocycles. The van der Waals surface area contributed by atoms with E-state index in [-0.39, 0.29) is 6.10 Å². The van der Waals surface area contributed by atoms with E-state index in [2.05, 4.69) is 10.6 Å². The monoisotopic (exact) mass is 346 g/mol. The number of anilines is 2. The average Bonchev–Trinajstić information content (AvgIpc) is 2.52. The van der Waals surface area contributed by atoms with Crippen molar-refractivity contribution in [3.63, 3.8) is 0 Å². The van der Waals surface area contributed by atoms with Gasteiger partial charge in [0, 0.05) is 16.4 Å². The normalized spacial score (nSPS) is 10.4. The van der Waals surface area contributed by atoms with Crippen molar-refractivity contribution in [2.24, 2.45) is 0 Å². The van der Waals surface area contributed by atoms with Gasteiger partial charge in [0.2, 0.25) is 0 Å². The summed E-state index contributed by atoms with van der Waals surface area (Å²) in [6.07, 6.45) is 0.0668. The number of hydrogen-bond acceptors (Lipinski definition) is 3. The van der Waals surface area contributed by atoms with Gasteiger partial charge < -0.3 is 15.4 Å². The first-order chi connectivity index (χ1) is 11.3. The van der Waals surface area contributed by atoms with Gasteiger partial charge in [0.1, 0.15) is 5.75 Å². The van der Waals surface area contributed by atoms with E-state index < -0.39 is 11.8 Å². The maximum atomic E-state index is 12.0. The first-order valence-corrected chi connectivity index (χ1v) is 7.88. The van der Waals surface area contributed by atoms with Crippen LogP contribution in [0.15, 0.2) is 42.5 Å². The lowest BCUT2D eigenvalue weighted by Gasteiger charge is -2.11. The van der Waals surface area contributed by atoms with Gasteiger partial charge in [-0.2, -0.15) is 0 Å². The van der Waals surface area contributed by atoms with Crippen molar-refractivity contribution >= 4 is 34.8 Å². The molecule has 0 aliphatic carbocycles. The number of ether oxygens (including phenoxy) is 1. The second-order valence-corrected chi connectivity index (χ2v) is 5.99. The fourth-order valence-electron chi connectivity index (χ4n) is 1.98. The van der Waals surface area contributed by atoms with E-state index in [4.69, 9.17) is 16.3 Å². The van der Waals surface area contributed by atoms with Crippen LogP contribution in [0.5, 0.6) is 5.75 Å². The summed E-state index contributed by atoms with van der Waals surface area (Å²) >= 11 is 5.90. The molecule has 2 aromatic carbocycles. The summed E-state index contributed by atoms with van der Waals surface area (Å²) in [5.41, 5.74) is 1.83. The molecule has 2 amide bonds. The number of rotatable bonds is 4. The van der Waals surface area contributed by atoms with Crippen molar-refractivity contribution in [1.29, 1.82) is 0 Å². The van der Waals surface area contributed by atoms with Gasteiger partial charge in [0.05, 0.1) is 6.10 Å². The molecule has 2 rings (SSSR count). The summed E-state index contributed by atoms with van der Waals surface area (Å²) in [5, 5.41) is 5.57. The molecule has 2 aromatic rings. The first kappa shape index (κ1) is 17.8. The van der Waals surface area contributed by atoms with E-state index in [9.17, 15) is 9.59 Å². The topological polar surface area (TPSA) is 67.4 Å². The molecule has 5 nitrogen and oxygen atoms in total. The van der Waals surface area contributed by atoms with Crippen LogP contribution in [0.25, 0.3) is 0 Å². The van der Waals surface area contributed by atoms with E-state index in [1.807, 2.05) is 20.8 Å². The number of aryl methyl sites for hydroxylation is 1. The van der Waals surface area contributed by atoms with Gasteiger partial charge in [-0.05, 0) is 62.7 Å². The highest BCUT2D eigenvalue weighted by Crippen LogP contribution is 2.20. The minimum atomic E-state index is -0.761. The molecule has 24 heavy (non-hydrogen) atoms. The van der Waals surface area contributed by atoms with E-state index in [1.165, 1.54) is 0 Å². The third-order valence-electron chi connectivity index (χ3n) is 3.14. The SMILES string of the molecule is Cc1ccc(Cl)cc1NC(=O)C(=O)Nc1ccc(OC(C)C)cc1. The van der Waals surface area contributed by atoms with Gasteiger partial charge in [0.15, 0.2) is 0 Å². The smallest absolute Gasteiger partial charge is 0.314 e. The Kier molecular flexibility index (Phi) is 5.82. The van der Waals surface area contributed by atoms with Crippen molar-refractivity contribution < 1.29 is 14.3 Å². The Hall–Kier alpha value is -2.53. The minimum Gasteiger partial charge on any atom is -0.491 e. The Morgan fingerprint density at radius 1 is 1.00 bits per heavy atom. The zero-order valence-corrected chi connectivity index (χ0v) is 14.5. The molecule has 0 bridgehead atoms. The third-order valence-corrected chi connectivity index (χ3v) is 3.37. The van der Waals surface area contributed by atoms with Gasteiger partial charge in [-0.1, -0.05) is 17.7 Å². The molecule has 6 heteroatoms. The van der Waals surface area contributed by atoms with Gasteiger partial charge in [-0.25, -0.2) is 0 Å². The standard InChI is InChI=1S/C18H19ClN2O3/c1-11(2)24-15-8-6-14(7-9-15)20-17(22)18(23)21-16-10-13(19)5-4-12(16)3/h4-11H,1-3H3,(H,20,22)(H,21,23). The highest BCUT2D eigenvalue weighted by Gasteiger charge is 2.15. The number of carbonyl (C=O) groups excluding carboxylic acids is 2. The zero-order chi connectivity index (χ0) is 17.7. The van der Waals surface area contributed by atoms with E-state index in [0.717, 1.165) is 5.56 Å². The molecule has 0 aliphatic rings. The predicted molar refractivity (Wildman–Crippen MR) is 95.7 cm³/mol. The zero-order valence-electron chi connectivity index (χ0n) is 13.7. The number of benzene rings is 2. The lowest BCUT2D eigenvalue weighted by atomic mass is 10.2. The molecular weight excluding hydrogens is 328 g/mol. The molecule has 0 aromatic heterocycles. The summed E-state index contributed by atoms with van der Waals surface area (Å²) < 4.78 is 5.52. The second-order valence-electron chi connectivity index (χ2n) is 5.56. The Bertz CT molecular complexity index is 742. The van der Waals surface area contributed by atoms with Crippen molar-refractivity contribution in [3.05, 3.63) is 53.1 Å². The highest BCUT2D eigenvalue weighted by molar-refractivity contribution is 6.43. The Morgan fingerprint density at radius 3 is 2.25 bits per heavy atom. The lowest BCUT2D eigenvalue weighted by Crippen LogP contribution is -2.29. The molecule has 0 radical (unpaired) electrons. The van der Waals surface area contributed by atoms with Crippen LogP contribution in [0.1, 0.15) is 19.4 Å². The van der Waals surface area contributed by atoms with Crippen molar-refractivity contribution in [2.75, 3.05) is 10.6 Å². The summed E-state index contributed by atoms with van der Waals surface area (Å²) in [7, 11) is 0. The Labute approximate surface area is 146 Å². The molecule has 2 N–H and O–H groups in total. The van der Waals surface area contributed by atoms with Crippen LogP contribution in [0.4, 0.5) is 11.4 Å². The van der Waals surface area contributed by atoms with Crippen LogP contribution in [0, 0.1) is 6.92 Å². The molecule has 0 aliphatic heterocycles. The van der Waals surface area contributed by atoms with Gasteiger partial charge in [-0.3, -0.25) is 9.59 Å². The summed E-state index contributed by atoms with van der Waals surface area (Å²) in [5.74, 6) is -0.822. The molecule has 0 spiro atoms. The van der Waals surface area contributed by atoms with Gasteiger partial charge in [0.25, 0.3) is 0 Å². The van der Waals surface area contributed by atoms with Crippen LogP contribution in [-0.2, 0) is 9.59 Å². The number of carbonyl (C=O) groups is 2. The van der Waals surface area contributed by atoms with Crippen LogP contribution in [0.2, 0.25) is 5.02 Å². The molecule has 0 unspecified atom stereocenters. The summed E-state index contributed by atoms with van der Waals surface area (Å²) in [4.78, 5) is 24.0. The van der Waals surface area contributed by atoms with Crippen LogP contribution in [-0.4, -0.2) is 17.9 Å². The lowest BCUT2D eigenvalue weighted by molar-refractivity contribution is -0.133. The Morgan fingerprint density at radius 2 is 1.62 bits per heavy atom. The first-order valence-electron chi connectivity index (χ1n) is 7.50. The molecule has 126 valence electrons. The molecule has 0 atom stereocenters. The summed E-state index contributed by atoms with van der Waals surface area (Å²) in [6.45, 7) is 5.67. The van der Waals surface area contributed by atoms with Crippen LogP contribution in [0.3, 0.4) is 0 Å². The Balaban J connectivity index is 1.98. The molecule has 0 fully saturated rings. The van der Waals surface area contributed by atoms with Crippen molar-refractivity contribution in [2.45, 2.75) is 26.9 Å². The number of halogens is 1. The largest absolute Gasteiger partial charge is 0.491 e. The number of nitrogens with one attached hydrogen (secondary N) is 2. The second kappa shape index (κ2) is 7.84. The predicted octanol–water partition coefficient (Wildman–Crippen LogP) is 4.01. The summed E-state index contributed by atoms with van der Waals surface area (Å²) in [6, 6.07) is 11.9. The maximum absolute atomic E-state index is 12.0. The molecule has 0 saturated carbocycles. The maximum Gasteiger partial charge on any atom is 0.314 e. The van der Waals surface area contributed by atoms with Crippen LogP contribution >= 0.6 is 11.6 Å². The average molecular weight is 347 g/mol. The fraction of sp³-hybridized carbons (Fsp3) is 0.222. The van der Waals surface area contributed by atoms with E-state index in [1.54, 1.807) is 42.5 Å². The molecule has 0 saturated heterocycles. The minimum absolute atomic E-state index is 0.0668.